The van der Waals surface area contributed by atoms with E-state index in [1.807, 2.05) is 49.4 Å². The van der Waals surface area contributed by atoms with Gasteiger partial charge >= 0.3 is 0 Å². The van der Waals surface area contributed by atoms with Gasteiger partial charge in [0.1, 0.15) is 5.82 Å². The molecule has 0 heterocycles. The Labute approximate surface area is 203 Å². The smallest absolute Gasteiger partial charge is 0.228 e. The summed E-state index contributed by atoms with van der Waals surface area (Å²) in [6, 6.07) is 24.5. The first kappa shape index (κ1) is 25.6. The zero-order valence-electron chi connectivity index (χ0n) is 20.3. The summed E-state index contributed by atoms with van der Waals surface area (Å²) >= 11 is 0. The van der Waals surface area contributed by atoms with Crippen molar-refractivity contribution in [2.24, 2.45) is 11.7 Å². The van der Waals surface area contributed by atoms with Crippen molar-refractivity contribution in [3.8, 4) is 11.1 Å². The maximum atomic E-state index is 13.3. The Morgan fingerprint density at radius 3 is 2.12 bits per heavy atom. The van der Waals surface area contributed by atoms with Crippen LogP contribution in [0.2, 0.25) is 0 Å². The highest BCUT2D eigenvalue weighted by Crippen LogP contribution is 2.37. The third-order valence-electron chi connectivity index (χ3n) is 6.76. The lowest BCUT2D eigenvalue weighted by Gasteiger charge is -2.34. The number of halogens is 1. The standard InChI is InChI=1S/C30H36FNO2/c1-3-5-9-24(22-34-21-23-10-7-6-8-11-23)20-30(4-2,29(32)33)27-16-12-25(13-17-27)26-14-18-28(31)19-15-26/h6-8,10-19,24H,3-5,9,20-22H2,1-2H3,(H2,32,33). The van der Waals surface area contributed by atoms with Crippen molar-refractivity contribution in [2.75, 3.05) is 6.61 Å². The second kappa shape index (κ2) is 12.5. The number of hydrogen-bond acceptors (Lipinski definition) is 2. The molecule has 3 aromatic rings. The van der Waals surface area contributed by atoms with Gasteiger partial charge in [-0.2, -0.15) is 0 Å². The van der Waals surface area contributed by atoms with Gasteiger partial charge in [-0.05, 0) is 59.6 Å². The first-order chi connectivity index (χ1) is 16.5. The molecule has 0 aromatic heterocycles. The lowest BCUT2D eigenvalue weighted by atomic mass is 9.70. The summed E-state index contributed by atoms with van der Waals surface area (Å²) in [4.78, 5) is 12.9. The Hall–Kier alpha value is -2.98. The van der Waals surface area contributed by atoms with Gasteiger partial charge in [0.05, 0.1) is 12.0 Å². The molecule has 0 bridgehead atoms. The fourth-order valence-electron chi connectivity index (χ4n) is 4.66. The largest absolute Gasteiger partial charge is 0.376 e. The number of ether oxygens (including phenoxy) is 1. The first-order valence-corrected chi connectivity index (χ1v) is 12.3. The molecule has 2 N–H and O–H groups in total. The van der Waals surface area contributed by atoms with Crippen molar-refractivity contribution in [1.82, 2.24) is 0 Å². The number of benzene rings is 3. The summed E-state index contributed by atoms with van der Waals surface area (Å²) in [5.41, 5.74) is 9.29. The molecule has 0 radical (unpaired) electrons. The summed E-state index contributed by atoms with van der Waals surface area (Å²) in [5.74, 6) is -0.325. The molecule has 2 unspecified atom stereocenters. The third-order valence-corrected chi connectivity index (χ3v) is 6.76. The van der Waals surface area contributed by atoms with Crippen molar-refractivity contribution in [2.45, 2.75) is 58.0 Å². The molecule has 1 amide bonds. The van der Waals surface area contributed by atoms with E-state index in [0.717, 1.165) is 41.5 Å². The number of amides is 1. The van der Waals surface area contributed by atoms with E-state index in [4.69, 9.17) is 10.5 Å². The summed E-state index contributed by atoms with van der Waals surface area (Å²) in [6.07, 6.45) is 4.45. The van der Waals surface area contributed by atoms with Crippen molar-refractivity contribution in [3.63, 3.8) is 0 Å². The molecular formula is C30H36FNO2. The molecule has 0 aliphatic heterocycles. The highest BCUT2D eigenvalue weighted by Gasteiger charge is 2.39. The fourth-order valence-corrected chi connectivity index (χ4v) is 4.66. The molecule has 0 aliphatic rings. The number of primary amides is 1. The van der Waals surface area contributed by atoms with Crippen molar-refractivity contribution < 1.29 is 13.9 Å². The van der Waals surface area contributed by atoms with Crippen LogP contribution in [0.5, 0.6) is 0 Å². The number of carbonyl (C=O) groups excluding carboxylic acids is 1. The second-order valence-corrected chi connectivity index (χ2v) is 9.10. The van der Waals surface area contributed by atoms with Crippen LogP contribution >= 0.6 is 0 Å². The average molecular weight is 462 g/mol. The predicted octanol–water partition coefficient (Wildman–Crippen LogP) is 7.04. The fraction of sp³-hybridized carbons (Fsp3) is 0.367. The highest BCUT2D eigenvalue weighted by molar-refractivity contribution is 5.87. The van der Waals surface area contributed by atoms with Crippen LogP contribution in [0.3, 0.4) is 0 Å². The van der Waals surface area contributed by atoms with Crippen LogP contribution < -0.4 is 5.73 Å². The van der Waals surface area contributed by atoms with Gasteiger partial charge in [-0.3, -0.25) is 4.79 Å². The minimum absolute atomic E-state index is 0.230. The summed E-state index contributed by atoms with van der Waals surface area (Å²) < 4.78 is 19.4. The van der Waals surface area contributed by atoms with Crippen LogP contribution in [0.25, 0.3) is 11.1 Å². The van der Waals surface area contributed by atoms with Crippen LogP contribution in [0, 0.1) is 11.7 Å². The monoisotopic (exact) mass is 461 g/mol. The highest BCUT2D eigenvalue weighted by atomic mass is 19.1. The topological polar surface area (TPSA) is 52.3 Å². The minimum atomic E-state index is -0.754. The quantitative estimate of drug-likeness (QED) is 0.297. The van der Waals surface area contributed by atoms with Crippen molar-refractivity contribution in [1.29, 1.82) is 0 Å². The van der Waals surface area contributed by atoms with Gasteiger partial charge in [-0.1, -0.05) is 93.4 Å². The van der Waals surface area contributed by atoms with Crippen LogP contribution in [0.4, 0.5) is 4.39 Å². The molecule has 0 spiro atoms. The minimum Gasteiger partial charge on any atom is -0.376 e. The Morgan fingerprint density at radius 1 is 0.941 bits per heavy atom. The number of carbonyl (C=O) groups is 1. The molecule has 0 saturated carbocycles. The van der Waals surface area contributed by atoms with Crippen LogP contribution in [0.1, 0.15) is 57.1 Å². The van der Waals surface area contributed by atoms with Crippen LogP contribution in [-0.4, -0.2) is 12.5 Å². The molecule has 180 valence electrons. The van der Waals surface area contributed by atoms with E-state index in [-0.39, 0.29) is 17.6 Å². The normalized spacial score (nSPS) is 13.9. The van der Waals surface area contributed by atoms with Gasteiger partial charge < -0.3 is 10.5 Å². The van der Waals surface area contributed by atoms with E-state index in [0.29, 0.717) is 26.1 Å². The molecule has 4 heteroatoms. The van der Waals surface area contributed by atoms with E-state index < -0.39 is 5.41 Å². The molecule has 0 aliphatic carbocycles. The maximum absolute atomic E-state index is 13.3. The lowest BCUT2D eigenvalue weighted by Crippen LogP contribution is -2.43. The van der Waals surface area contributed by atoms with Gasteiger partial charge in [-0.25, -0.2) is 4.39 Å². The molecule has 3 rings (SSSR count). The van der Waals surface area contributed by atoms with Gasteiger partial charge in [0.2, 0.25) is 5.91 Å². The summed E-state index contributed by atoms with van der Waals surface area (Å²) in [5, 5.41) is 0. The average Bonchev–Trinajstić information content (AvgIpc) is 2.86. The van der Waals surface area contributed by atoms with Gasteiger partial charge in [-0.15, -0.1) is 0 Å². The SMILES string of the molecule is CCCCC(COCc1ccccc1)CC(CC)(C(N)=O)c1ccc(-c2ccc(F)cc2)cc1. The lowest BCUT2D eigenvalue weighted by molar-refractivity contribution is -0.124. The molecule has 3 aromatic carbocycles. The number of rotatable bonds is 13. The predicted molar refractivity (Wildman–Crippen MR) is 137 cm³/mol. The third kappa shape index (κ3) is 6.54. The zero-order valence-corrected chi connectivity index (χ0v) is 20.3. The van der Waals surface area contributed by atoms with Crippen molar-refractivity contribution in [3.05, 3.63) is 95.8 Å². The van der Waals surface area contributed by atoms with E-state index in [2.05, 4.69) is 19.1 Å². The number of nitrogens with two attached hydrogens (primary N) is 1. The van der Waals surface area contributed by atoms with Crippen LogP contribution in [0.15, 0.2) is 78.9 Å². The van der Waals surface area contributed by atoms with E-state index in [9.17, 15) is 9.18 Å². The molecule has 3 nitrogen and oxygen atoms in total. The molecular weight excluding hydrogens is 425 g/mol. The summed E-state index contributed by atoms with van der Waals surface area (Å²) in [6.45, 7) is 5.36. The van der Waals surface area contributed by atoms with E-state index >= 15 is 0 Å². The number of hydrogen-bond donors (Lipinski definition) is 1. The Bertz CT molecular complexity index is 1020. The van der Waals surface area contributed by atoms with E-state index in [1.165, 1.54) is 12.1 Å². The van der Waals surface area contributed by atoms with Gasteiger partial charge in [0, 0.05) is 6.61 Å². The number of unbranched alkanes of at least 4 members (excludes halogenated alkanes) is 1. The molecule has 2 atom stereocenters. The van der Waals surface area contributed by atoms with Crippen LogP contribution in [-0.2, 0) is 21.6 Å². The molecule has 0 fully saturated rings. The molecule has 34 heavy (non-hydrogen) atoms. The molecule has 0 saturated heterocycles. The Morgan fingerprint density at radius 2 is 1.56 bits per heavy atom. The van der Waals surface area contributed by atoms with Crippen molar-refractivity contribution >= 4 is 5.91 Å². The van der Waals surface area contributed by atoms with Gasteiger partial charge in [0.25, 0.3) is 0 Å². The van der Waals surface area contributed by atoms with E-state index in [1.54, 1.807) is 12.1 Å². The second-order valence-electron chi connectivity index (χ2n) is 9.10. The Kier molecular flexibility index (Phi) is 9.41. The zero-order chi connectivity index (χ0) is 24.4. The first-order valence-electron chi connectivity index (χ1n) is 12.3. The summed E-state index contributed by atoms with van der Waals surface area (Å²) in [7, 11) is 0. The van der Waals surface area contributed by atoms with Gasteiger partial charge in [0.15, 0.2) is 0 Å². The maximum Gasteiger partial charge on any atom is 0.228 e. The Balaban J connectivity index is 1.79.